The molecule has 0 aliphatic carbocycles. The zero-order valence-corrected chi connectivity index (χ0v) is 13.2. The minimum Gasteiger partial charge on any atom is -0.384 e. The van der Waals surface area contributed by atoms with Gasteiger partial charge in [0.25, 0.3) is 0 Å². The molecule has 106 valence electrons. The molecule has 1 aromatic heterocycles. The number of nitrogens with zero attached hydrogens (tertiary/aromatic N) is 2. The Morgan fingerprint density at radius 1 is 1.60 bits per heavy atom. The molecule has 4 N–H and O–H groups in total. The highest BCUT2D eigenvalue weighted by molar-refractivity contribution is 9.10. The molecule has 2 rings (SSSR count). The topological polar surface area (TPSA) is 101 Å². The second-order valence-corrected chi connectivity index (χ2v) is 6.02. The summed E-state index contributed by atoms with van der Waals surface area (Å²) in [7, 11) is 0. The first kappa shape index (κ1) is 14.9. The summed E-state index contributed by atoms with van der Waals surface area (Å²) >= 11 is 4.77. The standard InChI is InChI=1S/C12H14BrN5OS/c1-2-5-18-11(19)16-17-12(18)20-7-3-4-8(10(14)15)9(13)6-7/h3-4,6H,2,5H2,1H3,(H3,14,15)(H,16,19). The van der Waals surface area contributed by atoms with Gasteiger partial charge >= 0.3 is 5.69 Å². The molecule has 0 fully saturated rings. The Labute approximate surface area is 128 Å². The molecule has 8 heteroatoms. The van der Waals surface area contributed by atoms with Crippen molar-refractivity contribution in [3.05, 3.63) is 38.7 Å². The Morgan fingerprint density at radius 2 is 2.35 bits per heavy atom. The first-order valence-corrected chi connectivity index (χ1v) is 7.61. The van der Waals surface area contributed by atoms with E-state index < -0.39 is 0 Å². The summed E-state index contributed by atoms with van der Waals surface area (Å²) in [5.41, 5.74) is 5.91. The number of nitrogens with two attached hydrogens (primary N) is 1. The summed E-state index contributed by atoms with van der Waals surface area (Å²) in [6.45, 7) is 2.64. The minimum atomic E-state index is -0.200. The average Bonchev–Trinajstić information content (AvgIpc) is 2.72. The van der Waals surface area contributed by atoms with E-state index >= 15 is 0 Å². The van der Waals surface area contributed by atoms with Crippen LogP contribution in [0.25, 0.3) is 0 Å². The maximum atomic E-state index is 11.6. The fraction of sp³-hybridized carbons (Fsp3) is 0.250. The average molecular weight is 356 g/mol. The molecule has 0 atom stereocenters. The van der Waals surface area contributed by atoms with Crippen molar-refractivity contribution in [1.29, 1.82) is 5.41 Å². The van der Waals surface area contributed by atoms with E-state index in [0.29, 0.717) is 17.3 Å². The molecule has 0 bridgehead atoms. The summed E-state index contributed by atoms with van der Waals surface area (Å²) in [6.07, 6.45) is 0.861. The third-order valence-electron chi connectivity index (χ3n) is 2.61. The minimum absolute atomic E-state index is 0.0103. The van der Waals surface area contributed by atoms with Crippen LogP contribution in [0.4, 0.5) is 0 Å². The maximum absolute atomic E-state index is 11.6. The molecular weight excluding hydrogens is 342 g/mol. The van der Waals surface area contributed by atoms with Gasteiger partial charge in [0, 0.05) is 21.5 Å². The van der Waals surface area contributed by atoms with Crippen LogP contribution in [0, 0.1) is 5.41 Å². The monoisotopic (exact) mass is 355 g/mol. The molecule has 2 aromatic rings. The van der Waals surface area contributed by atoms with Crippen LogP contribution in [0.3, 0.4) is 0 Å². The van der Waals surface area contributed by atoms with Crippen LogP contribution in [0.1, 0.15) is 18.9 Å². The Hall–Kier alpha value is -1.54. The Kier molecular flexibility index (Phi) is 4.66. The fourth-order valence-electron chi connectivity index (χ4n) is 1.69. The lowest BCUT2D eigenvalue weighted by atomic mass is 10.2. The lowest BCUT2D eigenvalue weighted by Crippen LogP contribution is -2.17. The van der Waals surface area contributed by atoms with Crippen LogP contribution in [-0.4, -0.2) is 20.6 Å². The van der Waals surface area contributed by atoms with Gasteiger partial charge < -0.3 is 5.73 Å². The summed E-state index contributed by atoms with van der Waals surface area (Å²) in [5, 5.41) is 14.5. The normalized spacial score (nSPS) is 10.7. The van der Waals surface area contributed by atoms with Gasteiger partial charge in [0.2, 0.25) is 0 Å². The first-order chi connectivity index (χ1) is 9.52. The Balaban J connectivity index is 2.29. The second-order valence-electron chi connectivity index (χ2n) is 4.12. The van der Waals surface area contributed by atoms with Crippen molar-refractivity contribution in [2.45, 2.75) is 29.9 Å². The van der Waals surface area contributed by atoms with E-state index in [-0.39, 0.29) is 11.5 Å². The number of H-pyrrole nitrogens is 1. The predicted molar refractivity (Wildman–Crippen MR) is 82.4 cm³/mol. The number of aromatic nitrogens is 3. The van der Waals surface area contributed by atoms with Crippen LogP contribution in [0.2, 0.25) is 0 Å². The largest absolute Gasteiger partial charge is 0.384 e. The highest BCUT2D eigenvalue weighted by Crippen LogP contribution is 2.29. The summed E-state index contributed by atoms with van der Waals surface area (Å²) in [5.74, 6) is 0.0103. The lowest BCUT2D eigenvalue weighted by Gasteiger charge is -2.06. The van der Waals surface area contributed by atoms with Gasteiger partial charge in [-0.15, -0.1) is 5.10 Å². The Bertz CT molecular complexity index is 693. The third-order valence-corrected chi connectivity index (χ3v) is 4.25. The maximum Gasteiger partial charge on any atom is 0.343 e. The molecule has 0 saturated carbocycles. The van der Waals surface area contributed by atoms with Gasteiger partial charge in [0.05, 0.1) is 0 Å². The van der Waals surface area contributed by atoms with Crippen LogP contribution < -0.4 is 11.4 Å². The number of amidine groups is 1. The molecule has 0 aliphatic rings. The van der Waals surface area contributed by atoms with E-state index in [9.17, 15) is 4.79 Å². The van der Waals surface area contributed by atoms with Crippen molar-refractivity contribution in [3.63, 3.8) is 0 Å². The molecule has 0 spiro atoms. The smallest absolute Gasteiger partial charge is 0.343 e. The van der Waals surface area contributed by atoms with Gasteiger partial charge in [-0.1, -0.05) is 6.92 Å². The van der Waals surface area contributed by atoms with Crippen molar-refractivity contribution in [3.8, 4) is 0 Å². The quantitative estimate of drug-likeness (QED) is 0.565. The third kappa shape index (κ3) is 3.13. The van der Waals surface area contributed by atoms with Gasteiger partial charge in [0.1, 0.15) is 5.84 Å². The van der Waals surface area contributed by atoms with Crippen LogP contribution >= 0.6 is 27.7 Å². The zero-order valence-electron chi connectivity index (χ0n) is 10.8. The van der Waals surface area contributed by atoms with E-state index in [1.54, 1.807) is 10.6 Å². The van der Waals surface area contributed by atoms with Gasteiger partial charge in [-0.05, 0) is 52.3 Å². The molecule has 1 aromatic carbocycles. The van der Waals surface area contributed by atoms with E-state index in [2.05, 4.69) is 26.1 Å². The van der Waals surface area contributed by atoms with Gasteiger partial charge in [-0.3, -0.25) is 9.98 Å². The molecule has 0 amide bonds. The van der Waals surface area contributed by atoms with Crippen molar-refractivity contribution < 1.29 is 0 Å². The SMILES string of the molecule is CCCn1c(Sc2ccc(C(=N)N)c(Br)c2)n[nH]c1=O. The van der Waals surface area contributed by atoms with Crippen molar-refractivity contribution >= 4 is 33.5 Å². The fourth-order valence-corrected chi connectivity index (χ4v) is 3.33. The number of benzene rings is 1. The van der Waals surface area contributed by atoms with E-state index in [1.165, 1.54) is 11.8 Å². The highest BCUT2D eigenvalue weighted by atomic mass is 79.9. The van der Waals surface area contributed by atoms with Crippen molar-refractivity contribution in [2.75, 3.05) is 0 Å². The van der Waals surface area contributed by atoms with E-state index in [4.69, 9.17) is 11.1 Å². The number of aromatic amines is 1. The van der Waals surface area contributed by atoms with Gasteiger partial charge in [-0.2, -0.15) is 0 Å². The number of nitrogens with one attached hydrogen (secondary N) is 2. The van der Waals surface area contributed by atoms with Crippen LogP contribution in [0.5, 0.6) is 0 Å². The Morgan fingerprint density at radius 3 is 2.95 bits per heavy atom. The molecule has 0 radical (unpaired) electrons. The van der Waals surface area contributed by atoms with Crippen LogP contribution in [0.15, 0.2) is 37.5 Å². The first-order valence-electron chi connectivity index (χ1n) is 6.00. The molecule has 20 heavy (non-hydrogen) atoms. The van der Waals surface area contributed by atoms with Crippen LogP contribution in [-0.2, 0) is 6.54 Å². The van der Waals surface area contributed by atoms with Gasteiger partial charge in [0.15, 0.2) is 5.16 Å². The number of hydrogen-bond donors (Lipinski definition) is 3. The predicted octanol–water partition coefficient (Wildman–Crippen LogP) is 2.18. The molecule has 6 nitrogen and oxygen atoms in total. The molecule has 0 unspecified atom stereocenters. The molecule has 0 aliphatic heterocycles. The van der Waals surface area contributed by atoms with Gasteiger partial charge in [-0.25, -0.2) is 9.89 Å². The second kappa shape index (κ2) is 6.27. The van der Waals surface area contributed by atoms with E-state index in [0.717, 1.165) is 15.8 Å². The number of nitrogen functional groups attached to an aromatic ring is 1. The number of hydrogen-bond acceptors (Lipinski definition) is 4. The van der Waals surface area contributed by atoms with E-state index in [1.807, 2.05) is 19.1 Å². The molecule has 1 heterocycles. The molecule has 0 saturated heterocycles. The number of rotatable bonds is 5. The lowest BCUT2D eigenvalue weighted by molar-refractivity contribution is 0.604. The van der Waals surface area contributed by atoms with Crippen molar-refractivity contribution in [1.82, 2.24) is 14.8 Å². The summed E-state index contributed by atoms with van der Waals surface area (Å²) in [6, 6.07) is 5.47. The summed E-state index contributed by atoms with van der Waals surface area (Å²) < 4.78 is 2.35. The zero-order chi connectivity index (χ0) is 14.7. The highest BCUT2D eigenvalue weighted by Gasteiger charge is 2.11. The molecular formula is C12H14BrN5OS. The number of halogens is 1. The van der Waals surface area contributed by atoms with Crippen molar-refractivity contribution in [2.24, 2.45) is 5.73 Å². The summed E-state index contributed by atoms with van der Waals surface area (Å²) in [4.78, 5) is 12.5.